The van der Waals surface area contributed by atoms with Crippen molar-refractivity contribution in [1.82, 2.24) is 0 Å². The molecule has 1 aromatic rings. The van der Waals surface area contributed by atoms with Crippen LogP contribution in [0.3, 0.4) is 0 Å². The van der Waals surface area contributed by atoms with Crippen LogP contribution in [0.4, 0.5) is 10.1 Å². The second-order valence-electron chi connectivity index (χ2n) is 4.34. The van der Waals surface area contributed by atoms with Crippen molar-refractivity contribution in [2.75, 3.05) is 18.1 Å². The molecular weight excluding hydrogens is 231 g/mol. The van der Waals surface area contributed by atoms with Crippen LogP contribution in [-0.2, 0) is 6.54 Å². The molecule has 1 aromatic carbocycles. The van der Waals surface area contributed by atoms with Crippen molar-refractivity contribution >= 4 is 5.69 Å². The van der Waals surface area contributed by atoms with Gasteiger partial charge in [-0.05, 0) is 24.5 Å². The van der Waals surface area contributed by atoms with Crippen molar-refractivity contribution in [2.45, 2.75) is 39.3 Å². The second kappa shape index (κ2) is 7.34. The lowest BCUT2D eigenvalue weighted by molar-refractivity contribution is 0.295. The van der Waals surface area contributed by atoms with E-state index in [0.717, 1.165) is 18.4 Å². The smallest absolute Gasteiger partial charge is 0.146 e. The predicted octanol–water partition coefficient (Wildman–Crippen LogP) is 2.27. The third kappa shape index (κ3) is 3.21. The van der Waals surface area contributed by atoms with Crippen LogP contribution in [0.25, 0.3) is 0 Å². The summed E-state index contributed by atoms with van der Waals surface area (Å²) in [5.74, 6) is -0.265. The Kier molecular flexibility index (Phi) is 6.09. The van der Waals surface area contributed by atoms with Gasteiger partial charge in [0.25, 0.3) is 0 Å². The van der Waals surface area contributed by atoms with E-state index in [1.165, 1.54) is 6.07 Å². The van der Waals surface area contributed by atoms with E-state index in [1.807, 2.05) is 11.0 Å². The minimum atomic E-state index is -0.265. The summed E-state index contributed by atoms with van der Waals surface area (Å²) < 4.78 is 14.1. The van der Waals surface area contributed by atoms with Crippen molar-refractivity contribution in [3.8, 4) is 0 Å². The lowest BCUT2D eigenvalue weighted by Gasteiger charge is -2.33. The van der Waals surface area contributed by atoms with Crippen molar-refractivity contribution in [2.24, 2.45) is 5.73 Å². The Morgan fingerprint density at radius 2 is 2.00 bits per heavy atom. The number of para-hydroxylation sites is 1. The molecule has 0 atom stereocenters. The lowest BCUT2D eigenvalue weighted by atomic mass is 10.1. The molecule has 0 aliphatic carbocycles. The topological polar surface area (TPSA) is 49.5 Å². The van der Waals surface area contributed by atoms with E-state index in [9.17, 15) is 9.50 Å². The summed E-state index contributed by atoms with van der Waals surface area (Å²) in [6.07, 6.45) is 1.82. The van der Waals surface area contributed by atoms with Gasteiger partial charge in [-0.15, -0.1) is 0 Å². The maximum atomic E-state index is 14.1. The first-order valence-electron chi connectivity index (χ1n) is 6.54. The molecule has 3 N–H and O–H groups in total. The van der Waals surface area contributed by atoms with Crippen LogP contribution in [0.2, 0.25) is 0 Å². The van der Waals surface area contributed by atoms with Crippen LogP contribution in [0.1, 0.15) is 32.3 Å². The van der Waals surface area contributed by atoms with Crippen LogP contribution in [0.15, 0.2) is 18.2 Å². The zero-order chi connectivity index (χ0) is 13.5. The van der Waals surface area contributed by atoms with Gasteiger partial charge in [-0.25, -0.2) is 4.39 Å². The maximum absolute atomic E-state index is 14.1. The first-order valence-corrected chi connectivity index (χ1v) is 6.54. The Morgan fingerprint density at radius 3 is 2.50 bits per heavy atom. The summed E-state index contributed by atoms with van der Waals surface area (Å²) in [5.41, 5.74) is 7.01. The normalized spacial score (nSPS) is 11.0. The second-order valence-corrected chi connectivity index (χ2v) is 4.34. The fourth-order valence-electron chi connectivity index (χ4n) is 2.36. The lowest BCUT2D eigenvalue weighted by Crippen LogP contribution is -2.38. The fourth-order valence-corrected chi connectivity index (χ4v) is 2.36. The number of nitrogens with two attached hydrogens (primary N) is 1. The van der Waals surface area contributed by atoms with Gasteiger partial charge in [-0.3, -0.25) is 0 Å². The third-order valence-corrected chi connectivity index (χ3v) is 3.30. The van der Waals surface area contributed by atoms with Crippen molar-refractivity contribution in [1.29, 1.82) is 0 Å². The number of hydrogen-bond donors (Lipinski definition) is 2. The van der Waals surface area contributed by atoms with Gasteiger partial charge >= 0.3 is 0 Å². The summed E-state index contributed by atoms with van der Waals surface area (Å²) in [6.45, 7) is 4.88. The molecule has 0 saturated carbocycles. The van der Waals surface area contributed by atoms with Gasteiger partial charge in [0.2, 0.25) is 0 Å². The molecule has 0 saturated heterocycles. The zero-order valence-electron chi connectivity index (χ0n) is 11.2. The Labute approximate surface area is 108 Å². The monoisotopic (exact) mass is 254 g/mol. The first kappa shape index (κ1) is 14.9. The standard InChI is InChI=1S/C14H23FN2O/c1-3-12(4-2)17(8-9-18)14-11(10-16)6-5-7-13(14)15/h5-7,12,18H,3-4,8-10,16H2,1-2H3. The summed E-state index contributed by atoms with van der Waals surface area (Å²) in [6, 6.07) is 5.18. The molecule has 0 bridgehead atoms. The van der Waals surface area contributed by atoms with Crippen LogP contribution < -0.4 is 10.6 Å². The summed E-state index contributed by atoms with van der Waals surface area (Å²) >= 11 is 0. The molecule has 18 heavy (non-hydrogen) atoms. The van der Waals surface area contributed by atoms with E-state index in [4.69, 9.17) is 5.73 Å². The van der Waals surface area contributed by atoms with Crippen LogP contribution >= 0.6 is 0 Å². The molecule has 0 amide bonds. The number of halogens is 1. The molecule has 0 spiro atoms. The minimum absolute atomic E-state index is 0.00878. The maximum Gasteiger partial charge on any atom is 0.146 e. The third-order valence-electron chi connectivity index (χ3n) is 3.30. The molecule has 4 heteroatoms. The number of rotatable bonds is 7. The van der Waals surface area contributed by atoms with Gasteiger partial charge in [-0.1, -0.05) is 26.0 Å². The van der Waals surface area contributed by atoms with Crippen molar-refractivity contribution in [3.05, 3.63) is 29.6 Å². The number of nitrogens with zero attached hydrogens (tertiary/aromatic N) is 1. The highest BCUT2D eigenvalue weighted by Gasteiger charge is 2.20. The summed E-state index contributed by atoms with van der Waals surface area (Å²) in [4.78, 5) is 1.94. The van der Waals surface area contributed by atoms with Crippen molar-refractivity contribution in [3.63, 3.8) is 0 Å². The van der Waals surface area contributed by atoms with E-state index in [2.05, 4.69) is 13.8 Å². The highest BCUT2D eigenvalue weighted by atomic mass is 19.1. The van der Waals surface area contributed by atoms with Gasteiger partial charge in [0.1, 0.15) is 5.82 Å². The van der Waals surface area contributed by atoms with Gasteiger partial charge in [0, 0.05) is 19.1 Å². The number of benzene rings is 1. The molecule has 102 valence electrons. The minimum Gasteiger partial charge on any atom is -0.395 e. The predicted molar refractivity (Wildman–Crippen MR) is 73.1 cm³/mol. The first-order chi connectivity index (χ1) is 8.69. The summed E-state index contributed by atoms with van der Waals surface area (Å²) in [5, 5.41) is 9.20. The van der Waals surface area contributed by atoms with Gasteiger partial charge in [0.15, 0.2) is 0 Å². The molecule has 0 unspecified atom stereocenters. The number of aliphatic hydroxyl groups excluding tert-OH is 1. The number of aliphatic hydroxyl groups is 1. The van der Waals surface area contributed by atoms with E-state index >= 15 is 0 Å². The number of hydrogen-bond acceptors (Lipinski definition) is 3. The Hall–Kier alpha value is -1.13. The molecule has 3 nitrogen and oxygen atoms in total. The van der Waals surface area contributed by atoms with E-state index in [-0.39, 0.29) is 18.5 Å². The largest absolute Gasteiger partial charge is 0.395 e. The molecule has 0 aliphatic rings. The van der Waals surface area contributed by atoms with Crippen LogP contribution in [0, 0.1) is 5.82 Å². The molecule has 0 radical (unpaired) electrons. The SMILES string of the molecule is CCC(CC)N(CCO)c1c(F)cccc1CN. The van der Waals surface area contributed by atoms with Crippen LogP contribution in [0.5, 0.6) is 0 Å². The zero-order valence-corrected chi connectivity index (χ0v) is 11.2. The molecule has 0 aliphatic heterocycles. The van der Waals surface area contributed by atoms with Crippen LogP contribution in [-0.4, -0.2) is 24.3 Å². The van der Waals surface area contributed by atoms with E-state index in [0.29, 0.717) is 18.8 Å². The van der Waals surface area contributed by atoms with Crippen molar-refractivity contribution < 1.29 is 9.50 Å². The highest BCUT2D eigenvalue weighted by molar-refractivity contribution is 5.55. The highest BCUT2D eigenvalue weighted by Crippen LogP contribution is 2.27. The van der Waals surface area contributed by atoms with E-state index in [1.54, 1.807) is 6.07 Å². The Morgan fingerprint density at radius 1 is 1.33 bits per heavy atom. The molecular formula is C14H23FN2O. The van der Waals surface area contributed by atoms with Gasteiger partial charge in [-0.2, -0.15) is 0 Å². The fraction of sp³-hybridized carbons (Fsp3) is 0.571. The average molecular weight is 254 g/mol. The molecule has 0 aromatic heterocycles. The number of anilines is 1. The molecule has 0 fully saturated rings. The van der Waals surface area contributed by atoms with E-state index < -0.39 is 0 Å². The summed E-state index contributed by atoms with van der Waals surface area (Å²) in [7, 11) is 0. The Bertz CT molecular complexity index is 367. The van der Waals surface area contributed by atoms with Gasteiger partial charge < -0.3 is 15.7 Å². The quantitative estimate of drug-likeness (QED) is 0.785. The molecule has 0 heterocycles. The molecule has 1 rings (SSSR count). The Balaban J connectivity index is 3.19. The van der Waals surface area contributed by atoms with Gasteiger partial charge in [0.05, 0.1) is 12.3 Å². The average Bonchev–Trinajstić information content (AvgIpc) is 2.39.